The summed E-state index contributed by atoms with van der Waals surface area (Å²) in [4.78, 5) is 11.7. The van der Waals surface area contributed by atoms with E-state index in [1.807, 2.05) is 0 Å². The number of fused-ring (bicyclic) bond motifs is 5. The second-order valence-corrected chi connectivity index (χ2v) is 8.45. The maximum Gasteiger partial charge on any atom is 0.133 e. The lowest BCUT2D eigenvalue weighted by molar-refractivity contribution is -0.136. The van der Waals surface area contributed by atoms with Gasteiger partial charge in [0.1, 0.15) is 12.0 Å². The first-order valence-corrected chi connectivity index (χ1v) is 8.84. The summed E-state index contributed by atoms with van der Waals surface area (Å²) in [6, 6.07) is 0. The van der Waals surface area contributed by atoms with Crippen LogP contribution in [0.5, 0.6) is 0 Å². The Morgan fingerprint density at radius 3 is 2.76 bits per heavy atom. The second-order valence-electron chi connectivity index (χ2n) is 8.45. The van der Waals surface area contributed by atoms with Gasteiger partial charge in [-0.15, -0.1) is 0 Å². The molecule has 4 fully saturated rings. The highest BCUT2D eigenvalue weighted by atomic mass is 19.1. The molecule has 0 radical (unpaired) electrons. The lowest BCUT2D eigenvalue weighted by atomic mass is 9.50. The van der Waals surface area contributed by atoms with E-state index >= 15 is 4.39 Å². The predicted molar refractivity (Wildman–Crippen MR) is 78.4 cm³/mol. The van der Waals surface area contributed by atoms with Crippen LogP contribution >= 0.6 is 0 Å². The van der Waals surface area contributed by atoms with Gasteiger partial charge in [-0.05, 0) is 73.5 Å². The average molecular weight is 294 g/mol. The lowest BCUT2D eigenvalue weighted by Gasteiger charge is -2.56. The third kappa shape index (κ3) is 1.95. The fraction of sp³-hybridized carbons (Fsp3) is 0.944. The molecular formula is C18H27FO2. The molecule has 0 saturated heterocycles. The molecule has 0 aliphatic heterocycles. The van der Waals surface area contributed by atoms with E-state index in [2.05, 4.69) is 6.92 Å². The minimum Gasteiger partial charge on any atom is -0.393 e. The van der Waals surface area contributed by atoms with E-state index in [0.717, 1.165) is 32.1 Å². The first kappa shape index (κ1) is 14.2. The van der Waals surface area contributed by atoms with Gasteiger partial charge in [-0.3, -0.25) is 4.79 Å². The minimum atomic E-state index is -0.773. The molecule has 0 spiro atoms. The molecule has 21 heavy (non-hydrogen) atoms. The molecule has 4 aliphatic rings. The molecule has 4 rings (SSSR count). The second kappa shape index (κ2) is 4.78. The number of ketones is 1. The van der Waals surface area contributed by atoms with Gasteiger partial charge in [-0.1, -0.05) is 6.92 Å². The van der Waals surface area contributed by atoms with Gasteiger partial charge >= 0.3 is 0 Å². The van der Waals surface area contributed by atoms with E-state index in [0.29, 0.717) is 48.7 Å². The quantitative estimate of drug-likeness (QED) is 0.742. The summed E-state index contributed by atoms with van der Waals surface area (Å²) in [5, 5.41) is 10.3. The number of aliphatic hydroxyl groups excluding tert-OH is 1. The SMILES string of the molecule is C[C@]12C[C@H](F)C3C(CC[C@H]4CC(=O)CC[C@H]34)C1CC[C@@H]2O. The highest BCUT2D eigenvalue weighted by Crippen LogP contribution is 2.62. The van der Waals surface area contributed by atoms with Crippen molar-refractivity contribution in [2.45, 2.75) is 70.6 Å². The fourth-order valence-electron chi connectivity index (χ4n) is 6.65. The number of carbonyl (C=O) groups is 1. The highest BCUT2D eigenvalue weighted by molar-refractivity contribution is 5.79. The van der Waals surface area contributed by atoms with Gasteiger partial charge in [0.15, 0.2) is 0 Å². The number of aliphatic hydroxyl groups is 1. The van der Waals surface area contributed by atoms with E-state index in [1.165, 1.54) is 0 Å². The number of carbonyl (C=O) groups excluding carboxylic acids is 1. The number of rotatable bonds is 0. The Kier molecular flexibility index (Phi) is 3.22. The van der Waals surface area contributed by atoms with E-state index in [-0.39, 0.29) is 17.4 Å². The van der Waals surface area contributed by atoms with Gasteiger partial charge in [0.05, 0.1) is 6.10 Å². The number of hydrogen-bond donors (Lipinski definition) is 1. The number of Topliss-reactive ketones (excluding diaryl/α,β-unsaturated/α-hetero) is 1. The van der Waals surface area contributed by atoms with Gasteiger partial charge in [-0.25, -0.2) is 4.39 Å². The van der Waals surface area contributed by atoms with Crippen LogP contribution in [0, 0.1) is 35.0 Å². The molecule has 118 valence electrons. The molecule has 4 saturated carbocycles. The van der Waals surface area contributed by atoms with Crippen molar-refractivity contribution < 1.29 is 14.3 Å². The van der Waals surface area contributed by atoms with Crippen LogP contribution in [0.3, 0.4) is 0 Å². The predicted octanol–water partition coefficient (Wildman–Crippen LogP) is 3.52. The Balaban J connectivity index is 1.63. The maximum atomic E-state index is 15.0. The first-order chi connectivity index (χ1) is 10.0. The summed E-state index contributed by atoms with van der Waals surface area (Å²) in [5.74, 6) is 2.39. The summed E-state index contributed by atoms with van der Waals surface area (Å²) in [7, 11) is 0. The molecule has 2 nitrogen and oxygen atoms in total. The van der Waals surface area contributed by atoms with Crippen molar-refractivity contribution in [1.82, 2.24) is 0 Å². The van der Waals surface area contributed by atoms with Crippen molar-refractivity contribution >= 4 is 5.78 Å². The van der Waals surface area contributed by atoms with E-state index in [4.69, 9.17) is 0 Å². The van der Waals surface area contributed by atoms with Gasteiger partial charge < -0.3 is 5.11 Å². The normalized spacial score (nSPS) is 56.5. The van der Waals surface area contributed by atoms with Crippen LogP contribution in [0.1, 0.15) is 58.3 Å². The molecule has 1 N–H and O–H groups in total. The van der Waals surface area contributed by atoms with E-state index in [1.54, 1.807) is 0 Å². The summed E-state index contributed by atoms with van der Waals surface area (Å²) in [6.07, 6.45) is 5.84. The summed E-state index contributed by atoms with van der Waals surface area (Å²) < 4.78 is 15.0. The highest BCUT2D eigenvalue weighted by Gasteiger charge is 2.60. The Morgan fingerprint density at radius 2 is 1.95 bits per heavy atom. The monoisotopic (exact) mass is 294 g/mol. The van der Waals surface area contributed by atoms with Crippen LogP contribution in [-0.2, 0) is 4.79 Å². The van der Waals surface area contributed by atoms with Crippen LogP contribution in [0.25, 0.3) is 0 Å². The van der Waals surface area contributed by atoms with Crippen molar-refractivity contribution in [2.24, 2.45) is 35.0 Å². The molecule has 0 aromatic carbocycles. The standard InChI is InChI=1S/C18H27FO2/c1-18-9-15(19)17-12-5-3-11(20)8-10(12)2-4-13(17)14(18)6-7-16(18)21/h10,12-17,21H,2-9H2,1H3/t10-,12-,13?,14?,15-,16-,17?,18-/m0/s1. The van der Waals surface area contributed by atoms with Crippen molar-refractivity contribution in [3.05, 3.63) is 0 Å². The van der Waals surface area contributed by atoms with Gasteiger partial charge in [0.25, 0.3) is 0 Å². The van der Waals surface area contributed by atoms with Crippen molar-refractivity contribution in [3.8, 4) is 0 Å². The van der Waals surface area contributed by atoms with Crippen LogP contribution in [0.15, 0.2) is 0 Å². The van der Waals surface area contributed by atoms with Crippen LogP contribution in [0.4, 0.5) is 4.39 Å². The molecule has 0 aromatic heterocycles. The summed E-state index contributed by atoms with van der Waals surface area (Å²) in [5.41, 5.74) is -0.197. The van der Waals surface area contributed by atoms with Gasteiger partial charge in [0, 0.05) is 12.8 Å². The molecule has 8 atom stereocenters. The van der Waals surface area contributed by atoms with Crippen LogP contribution < -0.4 is 0 Å². The zero-order chi connectivity index (χ0) is 14.8. The number of halogens is 1. The van der Waals surface area contributed by atoms with Crippen LogP contribution in [-0.4, -0.2) is 23.2 Å². The molecule has 3 heteroatoms. The summed E-state index contributed by atoms with van der Waals surface area (Å²) >= 11 is 0. The first-order valence-electron chi connectivity index (χ1n) is 8.84. The molecule has 3 unspecified atom stereocenters. The van der Waals surface area contributed by atoms with Crippen molar-refractivity contribution in [3.63, 3.8) is 0 Å². The molecule has 0 bridgehead atoms. The number of alkyl halides is 1. The zero-order valence-corrected chi connectivity index (χ0v) is 12.9. The average Bonchev–Trinajstić information content (AvgIpc) is 2.74. The number of hydrogen-bond acceptors (Lipinski definition) is 2. The van der Waals surface area contributed by atoms with Gasteiger partial charge in [0.2, 0.25) is 0 Å². The topological polar surface area (TPSA) is 37.3 Å². The van der Waals surface area contributed by atoms with E-state index in [9.17, 15) is 9.90 Å². The Morgan fingerprint density at radius 1 is 1.14 bits per heavy atom. The third-order valence-electron chi connectivity index (χ3n) is 7.64. The Bertz CT molecular complexity index is 450. The third-order valence-corrected chi connectivity index (χ3v) is 7.64. The van der Waals surface area contributed by atoms with E-state index < -0.39 is 6.17 Å². The molecule has 0 heterocycles. The lowest BCUT2D eigenvalue weighted by Crippen LogP contribution is -2.54. The van der Waals surface area contributed by atoms with Crippen LogP contribution in [0.2, 0.25) is 0 Å². The largest absolute Gasteiger partial charge is 0.393 e. The minimum absolute atomic E-state index is 0.167. The van der Waals surface area contributed by atoms with Gasteiger partial charge in [-0.2, -0.15) is 0 Å². The Labute approximate surface area is 126 Å². The summed E-state index contributed by atoms with van der Waals surface area (Å²) in [6.45, 7) is 2.12. The molecule has 0 aromatic rings. The fourth-order valence-corrected chi connectivity index (χ4v) is 6.65. The smallest absolute Gasteiger partial charge is 0.133 e. The van der Waals surface area contributed by atoms with Crippen molar-refractivity contribution in [1.29, 1.82) is 0 Å². The zero-order valence-electron chi connectivity index (χ0n) is 12.9. The maximum absolute atomic E-state index is 15.0. The Hall–Kier alpha value is -0.440. The van der Waals surface area contributed by atoms with Crippen molar-refractivity contribution in [2.75, 3.05) is 0 Å². The molecule has 0 amide bonds. The molecule has 4 aliphatic carbocycles. The molecular weight excluding hydrogens is 267 g/mol.